The molecule has 0 aliphatic carbocycles. The van der Waals surface area contributed by atoms with Gasteiger partial charge in [0.25, 0.3) is 0 Å². The van der Waals surface area contributed by atoms with E-state index in [2.05, 4.69) is 43.0 Å². The van der Waals surface area contributed by atoms with Crippen molar-refractivity contribution in [1.82, 2.24) is 0 Å². The van der Waals surface area contributed by atoms with E-state index in [1.807, 2.05) is 25.1 Å². The summed E-state index contributed by atoms with van der Waals surface area (Å²) in [6, 6.07) is 16.5. The Morgan fingerprint density at radius 1 is 0.941 bits per heavy atom. The molecule has 0 heterocycles. The third-order valence-electron chi connectivity index (χ3n) is 2.65. The molecule has 0 aliphatic heterocycles. The molecule has 0 atom stereocenters. The van der Waals surface area contributed by atoms with Gasteiger partial charge in [-0.05, 0) is 35.7 Å². The lowest BCUT2D eigenvalue weighted by molar-refractivity contribution is 0.340. The van der Waals surface area contributed by atoms with Crippen LogP contribution in [0.4, 0.5) is 0 Å². The van der Waals surface area contributed by atoms with E-state index >= 15 is 0 Å². The van der Waals surface area contributed by atoms with Crippen molar-refractivity contribution in [3.63, 3.8) is 0 Å². The first-order valence-electron chi connectivity index (χ1n) is 5.79. The minimum atomic E-state index is 0.702. The smallest absolute Gasteiger partial charge is 0.119 e. The van der Waals surface area contributed by atoms with Gasteiger partial charge in [0.1, 0.15) is 5.75 Å². The van der Waals surface area contributed by atoms with Crippen molar-refractivity contribution >= 4 is 6.08 Å². The van der Waals surface area contributed by atoms with E-state index in [-0.39, 0.29) is 0 Å². The Hall–Kier alpha value is -2.02. The predicted molar refractivity (Wildman–Crippen MR) is 73.1 cm³/mol. The molecular formula is C16H16O. The number of hydrogen-bond donors (Lipinski definition) is 0. The Bertz CT molecular complexity index is 480. The van der Waals surface area contributed by atoms with Gasteiger partial charge in [0.15, 0.2) is 0 Å². The minimum absolute atomic E-state index is 0.702. The van der Waals surface area contributed by atoms with Gasteiger partial charge >= 0.3 is 0 Å². The highest BCUT2D eigenvalue weighted by Crippen LogP contribution is 2.22. The Morgan fingerprint density at radius 3 is 1.94 bits per heavy atom. The van der Waals surface area contributed by atoms with Gasteiger partial charge in [-0.1, -0.05) is 49.1 Å². The second-order valence-electron chi connectivity index (χ2n) is 3.78. The van der Waals surface area contributed by atoms with Crippen LogP contribution in [0.5, 0.6) is 5.75 Å². The standard InChI is InChI=1S/C16H16O/c1-3-13-5-7-14(8-6-13)15-9-11-16(12-10-15)17-4-2/h3,5-12H,1,4H2,2H3. The summed E-state index contributed by atoms with van der Waals surface area (Å²) in [6.07, 6.45) is 1.85. The molecule has 2 rings (SSSR count). The van der Waals surface area contributed by atoms with Gasteiger partial charge in [0.2, 0.25) is 0 Å². The third-order valence-corrected chi connectivity index (χ3v) is 2.65. The zero-order valence-corrected chi connectivity index (χ0v) is 10.0. The molecule has 1 heteroatoms. The van der Waals surface area contributed by atoms with Gasteiger partial charge in [0.05, 0.1) is 6.61 Å². The maximum Gasteiger partial charge on any atom is 0.119 e. The van der Waals surface area contributed by atoms with Crippen molar-refractivity contribution in [3.05, 3.63) is 60.7 Å². The molecule has 2 aromatic rings. The molecule has 0 unspecified atom stereocenters. The molecule has 0 bridgehead atoms. The summed E-state index contributed by atoms with van der Waals surface area (Å²) < 4.78 is 5.42. The number of hydrogen-bond acceptors (Lipinski definition) is 1. The molecule has 0 saturated carbocycles. The molecule has 17 heavy (non-hydrogen) atoms. The molecule has 2 aromatic carbocycles. The predicted octanol–water partition coefficient (Wildman–Crippen LogP) is 4.40. The van der Waals surface area contributed by atoms with Gasteiger partial charge in [-0.3, -0.25) is 0 Å². The molecule has 0 saturated heterocycles. The van der Waals surface area contributed by atoms with E-state index in [9.17, 15) is 0 Å². The number of rotatable bonds is 4. The first kappa shape index (κ1) is 11.5. The summed E-state index contributed by atoms with van der Waals surface area (Å²) in [5.41, 5.74) is 3.54. The van der Waals surface area contributed by atoms with Crippen LogP contribution in [-0.4, -0.2) is 6.61 Å². The Kier molecular flexibility index (Phi) is 3.61. The van der Waals surface area contributed by atoms with Gasteiger partial charge in [0, 0.05) is 0 Å². The molecule has 0 spiro atoms. The highest BCUT2D eigenvalue weighted by molar-refractivity contribution is 5.66. The fourth-order valence-corrected chi connectivity index (χ4v) is 1.72. The largest absolute Gasteiger partial charge is 0.494 e. The number of ether oxygens (including phenoxy) is 1. The fraction of sp³-hybridized carbons (Fsp3) is 0.125. The zero-order chi connectivity index (χ0) is 12.1. The van der Waals surface area contributed by atoms with Crippen molar-refractivity contribution in [1.29, 1.82) is 0 Å². The third kappa shape index (κ3) is 2.76. The molecule has 0 aliphatic rings. The van der Waals surface area contributed by atoms with Crippen LogP contribution >= 0.6 is 0 Å². The second kappa shape index (κ2) is 5.35. The maximum absolute atomic E-state index is 5.42. The van der Waals surface area contributed by atoms with Crippen molar-refractivity contribution in [3.8, 4) is 16.9 Å². The molecule has 1 nitrogen and oxygen atoms in total. The van der Waals surface area contributed by atoms with E-state index in [1.165, 1.54) is 11.1 Å². The van der Waals surface area contributed by atoms with Gasteiger partial charge in [-0.2, -0.15) is 0 Å². The highest BCUT2D eigenvalue weighted by Gasteiger charge is 1.98. The summed E-state index contributed by atoms with van der Waals surface area (Å²) in [6.45, 7) is 6.44. The normalized spacial score (nSPS) is 9.94. The molecule has 0 radical (unpaired) electrons. The average Bonchev–Trinajstić information content (AvgIpc) is 2.40. The van der Waals surface area contributed by atoms with Crippen molar-refractivity contribution in [2.75, 3.05) is 6.61 Å². The SMILES string of the molecule is C=Cc1ccc(-c2ccc(OCC)cc2)cc1. The van der Waals surface area contributed by atoms with Crippen molar-refractivity contribution in [2.45, 2.75) is 6.92 Å². The molecule has 86 valence electrons. The summed E-state index contributed by atoms with van der Waals surface area (Å²) in [4.78, 5) is 0. The maximum atomic E-state index is 5.42. The first-order chi connectivity index (χ1) is 8.33. The molecule has 0 amide bonds. The summed E-state index contributed by atoms with van der Waals surface area (Å²) in [5, 5.41) is 0. The van der Waals surface area contributed by atoms with Crippen LogP contribution in [0.15, 0.2) is 55.1 Å². The lowest BCUT2D eigenvalue weighted by Gasteiger charge is -2.05. The Morgan fingerprint density at radius 2 is 1.47 bits per heavy atom. The lowest BCUT2D eigenvalue weighted by atomic mass is 10.0. The first-order valence-corrected chi connectivity index (χ1v) is 5.79. The minimum Gasteiger partial charge on any atom is -0.494 e. The van der Waals surface area contributed by atoms with Crippen LogP contribution in [0.25, 0.3) is 17.2 Å². The quantitative estimate of drug-likeness (QED) is 0.748. The van der Waals surface area contributed by atoms with Crippen LogP contribution in [0, 0.1) is 0 Å². The van der Waals surface area contributed by atoms with E-state index in [0.29, 0.717) is 6.61 Å². The van der Waals surface area contributed by atoms with Crippen molar-refractivity contribution in [2.24, 2.45) is 0 Å². The summed E-state index contributed by atoms with van der Waals surface area (Å²) in [7, 11) is 0. The molecular weight excluding hydrogens is 208 g/mol. The molecule has 0 N–H and O–H groups in total. The van der Waals surface area contributed by atoms with Crippen LogP contribution in [0.2, 0.25) is 0 Å². The number of benzene rings is 2. The van der Waals surface area contributed by atoms with Crippen LogP contribution in [0.1, 0.15) is 12.5 Å². The lowest BCUT2D eigenvalue weighted by Crippen LogP contribution is -1.90. The summed E-state index contributed by atoms with van der Waals surface area (Å²) in [5.74, 6) is 0.916. The van der Waals surface area contributed by atoms with Gasteiger partial charge in [-0.25, -0.2) is 0 Å². The van der Waals surface area contributed by atoms with E-state index in [1.54, 1.807) is 0 Å². The van der Waals surface area contributed by atoms with Gasteiger partial charge in [-0.15, -0.1) is 0 Å². The molecule has 0 aromatic heterocycles. The van der Waals surface area contributed by atoms with E-state index < -0.39 is 0 Å². The summed E-state index contributed by atoms with van der Waals surface area (Å²) >= 11 is 0. The molecule has 0 fully saturated rings. The van der Waals surface area contributed by atoms with E-state index in [0.717, 1.165) is 11.3 Å². The highest BCUT2D eigenvalue weighted by atomic mass is 16.5. The van der Waals surface area contributed by atoms with Crippen molar-refractivity contribution < 1.29 is 4.74 Å². The fourth-order valence-electron chi connectivity index (χ4n) is 1.72. The van der Waals surface area contributed by atoms with Crippen LogP contribution in [0.3, 0.4) is 0 Å². The second-order valence-corrected chi connectivity index (χ2v) is 3.78. The monoisotopic (exact) mass is 224 g/mol. The Balaban J connectivity index is 2.23. The average molecular weight is 224 g/mol. The topological polar surface area (TPSA) is 9.23 Å². The van der Waals surface area contributed by atoms with Gasteiger partial charge < -0.3 is 4.74 Å². The van der Waals surface area contributed by atoms with Crippen LogP contribution < -0.4 is 4.74 Å². The van der Waals surface area contributed by atoms with E-state index in [4.69, 9.17) is 4.74 Å². The zero-order valence-electron chi connectivity index (χ0n) is 10.0. The Labute approximate surface area is 102 Å². The van der Waals surface area contributed by atoms with Crippen LogP contribution in [-0.2, 0) is 0 Å².